The number of hydrogen-bond acceptors (Lipinski definition) is 3. The Kier molecular flexibility index (Phi) is 3.23. The van der Waals surface area contributed by atoms with Crippen molar-refractivity contribution in [1.29, 1.82) is 0 Å². The fraction of sp³-hybridized carbons (Fsp3) is 0.250. The summed E-state index contributed by atoms with van der Waals surface area (Å²) < 4.78 is 11.9. The molecule has 2 aromatic carbocycles. The van der Waals surface area contributed by atoms with Crippen molar-refractivity contribution in [2.24, 2.45) is 0 Å². The van der Waals surface area contributed by atoms with Crippen molar-refractivity contribution in [3.8, 4) is 5.75 Å². The van der Waals surface area contributed by atoms with E-state index in [-0.39, 0.29) is 5.75 Å². The van der Waals surface area contributed by atoms with Gasteiger partial charge in [-0.15, -0.1) is 0 Å². The molecule has 0 aromatic heterocycles. The van der Waals surface area contributed by atoms with Crippen LogP contribution in [0.15, 0.2) is 54.6 Å². The first-order valence-corrected chi connectivity index (χ1v) is 6.44. The molecule has 3 heteroatoms. The minimum atomic E-state index is -0.854. The van der Waals surface area contributed by atoms with Gasteiger partial charge in [0.25, 0.3) is 0 Å². The molecule has 0 spiro atoms. The van der Waals surface area contributed by atoms with Gasteiger partial charge in [-0.05, 0) is 30.7 Å². The summed E-state index contributed by atoms with van der Waals surface area (Å²) in [5, 5.41) is 9.43. The van der Waals surface area contributed by atoms with E-state index in [1.807, 2.05) is 42.5 Å². The molecular weight excluding hydrogens is 240 g/mol. The molecule has 3 nitrogen and oxygen atoms in total. The van der Waals surface area contributed by atoms with Gasteiger partial charge in [-0.1, -0.05) is 30.3 Å². The van der Waals surface area contributed by atoms with Crippen LogP contribution in [0.2, 0.25) is 0 Å². The Bertz CT molecular complexity index is 528. The molecular formula is C16H16O3. The summed E-state index contributed by atoms with van der Waals surface area (Å²) in [7, 11) is 0. The molecule has 0 atom stereocenters. The summed E-state index contributed by atoms with van der Waals surface area (Å²) in [6, 6.07) is 16.9. The van der Waals surface area contributed by atoms with Gasteiger partial charge in [0.05, 0.1) is 13.2 Å². The lowest BCUT2D eigenvalue weighted by Gasteiger charge is -2.38. The first-order chi connectivity index (χ1) is 9.31. The zero-order valence-corrected chi connectivity index (χ0v) is 10.6. The van der Waals surface area contributed by atoms with E-state index < -0.39 is 5.79 Å². The SMILES string of the molecule is Oc1ccc(C2(c3ccccc3)OCCCO2)cc1. The van der Waals surface area contributed by atoms with Crippen LogP contribution in [0.4, 0.5) is 0 Å². The number of benzene rings is 2. The Morgan fingerprint density at radius 2 is 1.37 bits per heavy atom. The molecule has 0 radical (unpaired) electrons. The number of rotatable bonds is 2. The largest absolute Gasteiger partial charge is 0.508 e. The molecule has 1 N–H and O–H groups in total. The van der Waals surface area contributed by atoms with Crippen LogP contribution in [-0.4, -0.2) is 18.3 Å². The molecule has 1 heterocycles. The topological polar surface area (TPSA) is 38.7 Å². The fourth-order valence-electron chi connectivity index (χ4n) is 2.37. The molecule has 1 aliphatic heterocycles. The third kappa shape index (κ3) is 2.23. The van der Waals surface area contributed by atoms with Crippen molar-refractivity contribution < 1.29 is 14.6 Å². The second-order valence-corrected chi connectivity index (χ2v) is 4.58. The van der Waals surface area contributed by atoms with Gasteiger partial charge >= 0.3 is 0 Å². The Balaban J connectivity index is 2.09. The smallest absolute Gasteiger partial charge is 0.222 e. The third-order valence-electron chi connectivity index (χ3n) is 3.30. The van der Waals surface area contributed by atoms with Crippen molar-refractivity contribution >= 4 is 0 Å². The van der Waals surface area contributed by atoms with Gasteiger partial charge in [-0.25, -0.2) is 0 Å². The maximum Gasteiger partial charge on any atom is 0.222 e. The van der Waals surface area contributed by atoms with E-state index in [0.717, 1.165) is 17.5 Å². The van der Waals surface area contributed by atoms with Crippen molar-refractivity contribution in [2.45, 2.75) is 12.2 Å². The Labute approximate surface area is 112 Å². The Morgan fingerprint density at radius 1 is 0.789 bits per heavy atom. The van der Waals surface area contributed by atoms with Crippen molar-refractivity contribution in [3.05, 3.63) is 65.7 Å². The van der Waals surface area contributed by atoms with Gasteiger partial charge in [0.15, 0.2) is 0 Å². The number of hydrogen-bond donors (Lipinski definition) is 1. The van der Waals surface area contributed by atoms with Crippen molar-refractivity contribution in [3.63, 3.8) is 0 Å². The van der Waals surface area contributed by atoms with Gasteiger partial charge in [-0.3, -0.25) is 0 Å². The lowest BCUT2D eigenvalue weighted by molar-refractivity contribution is -0.249. The van der Waals surface area contributed by atoms with E-state index in [1.54, 1.807) is 12.1 Å². The van der Waals surface area contributed by atoms with Crippen LogP contribution < -0.4 is 0 Å². The van der Waals surface area contributed by atoms with Gasteiger partial charge in [0.2, 0.25) is 5.79 Å². The molecule has 1 aliphatic rings. The van der Waals surface area contributed by atoms with E-state index in [2.05, 4.69) is 0 Å². The fourth-order valence-corrected chi connectivity index (χ4v) is 2.37. The summed E-state index contributed by atoms with van der Waals surface area (Å²) in [4.78, 5) is 0. The van der Waals surface area contributed by atoms with E-state index in [1.165, 1.54) is 0 Å². The zero-order valence-electron chi connectivity index (χ0n) is 10.6. The first-order valence-electron chi connectivity index (χ1n) is 6.44. The summed E-state index contributed by atoms with van der Waals surface area (Å²) in [5.74, 6) is -0.615. The molecule has 0 amide bonds. The summed E-state index contributed by atoms with van der Waals surface area (Å²) >= 11 is 0. The van der Waals surface area contributed by atoms with Crippen LogP contribution in [0.25, 0.3) is 0 Å². The second-order valence-electron chi connectivity index (χ2n) is 4.58. The third-order valence-corrected chi connectivity index (χ3v) is 3.30. The molecule has 0 saturated carbocycles. The Morgan fingerprint density at radius 3 is 2.00 bits per heavy atom. The monoisotopic (exact) mass is 256 g/mol. The van der Waals surface area contributed by atoms with Crippen molar-refractivity contribution in [2.75, 3.05) is 13.2 Å². The zero-order chi connectivity index (χ0) is 13.1. The molecule has 19 heavy (non-hydrogen) atoms. The molecule has 0 aliphatic carbocycles. The molecule has 0 bridgehead atoms. The maximum absolute atomic E-state index is 9.43. The van der Waals surface area contributed by atoms with Crippen LogP contribution >= 0.6 is 0 Å². The highest BCUT2D eigenvalue weighted by molar-refractivity contribution is 5.37. The number of aromatic hydroxyl groups is 1. The van der Waals surface area contributed by atoms with Gasteiger partial charge in [0.1, 0.15) is 5.75 Å². The standard InChI is InChI=1S/C16H16O3/c17-15-9-7-14(8-10-15)16(18-11-4-12-19-16)13-5-2-1-3-6-13/h1-3,5-10,17H,4,11-12H2. The minimum absolute atomic E-state index is 0.239. The number of phenols is 1. The highest BCUT2D eigenvalue weighted by Crippen LogP contribution is 2.37. The van der Waals surface area contributed by atoms with E-state index >= 15 is 0 Å². The predicted octanol–water partition coefficient (Wildman–Crippen LogP) is 3.03. The highest BCUT2D eigenvalue weighted by atomic mass is 16.7. The van der Waals surface area contributed by atoms with Gasteiger partial charge < -0.3 is 14.6 Å². The number of ether oxygens (including phenoxy) is 2. The molecule has 3 rings (SSSR count). The molecule has 2 aromatic rings. The summed E-state index contributed by atoms with van der Waals surface area (Å²) in [6.45, 7) is 1.32. The van der Waals surface area contributed by atoms with Crippen LogP contribution in [-0.2, 0) is 15.3 Å². The van der Waals surface area contributed by atoms with Gasteiger partial charge in [-0.2, -0.15) is 0 Å². The predicted molar refractivity (Wildman–Crippen MR) is 71.8 cm³/mol. The maximum atomic E-state index is 9.43. The second kappa shape index (κ2) is 5.03. The molecule has 0 unspecified atom stereocenters. The quantitative estimate of drug-likeness (QED) is 0.897. The Hall–Kier alpha value is -1.84. The normalized spacial score (nSPS) is 18.1. The van der Waals surface area contributed by atoms with Crippen LogP contribution in [0.5, 0.6) is 5.75 Å². The van der Waals surface area contributed by atoms with Crippen LogP contribution in [0, 0.1) is 0 Å². The van der Waals surface area contributed by atoms with E-state index in [4.69, 9.17) is 9.47 Å². The highest BCUT2D eigenvalue weighted by Gasteiger charge is 2.38. The molecule has 1 fully saturated rings. The van der Waals surface area contributed by atoms with Gasteiger partial charge in [0, 0.05) is 11.1 Å². The number of phenolic OH excluding ortho intramolecular Hbond substituents is 1. The van der Waals surface area contributed by atoms with Crippen LogP contribution in [0.3, 0.4) is 0 Å². The molecule has 98 valence electrons. The minimum Gasteiger partial charge on any atom is -0.508 e. The summed E-state index contributed by atoms with van der Waals surface area (Å²) in [5.41, 5.74) is 1.87. The first kappa shape index (κ1) is 12.2. The molecule has 1 saturated heterocycles. The van der Waals surface area contributed by atoms with E-state index in [9.17, 15) is 5.11 Å². The summed E-state index contributed by atoms with van der Waals surface area (Å²) in [6.07, 6.45) is 0.896. The lowest BCUT2D eigenvalue weighted by Crippen LogP contribution is -2.39. The average molecular weight is 256 g/mol. The van der Waals surface area contributed by atoms with E-state index in [0.29, 0.717) is 13.2 Å². The average Bonchev–Trinajstić information content (AvgIpc) is 2.49. The lowest BCUT2D eigenvalue weighted by atomic mass is 9.96. The van der Waals surface area contributed by atoms with Crippen molar-refractivity contribution in [1.82, 2.24) is 0 Å². The van der Waals surface area contributed by atoms with Crippen LogP contribution in [0.1, 0.15) is 17.5 Å².